The molecule has 0 aliphatic heterocycles. The summed E-state index contributed by atoms with van der Waals surface area (Å²) in [5.41, 5.74) is 1.16. The molecule has 0 fully saturated rings. The molecule has 6 heteroatoms. The van der Waals surface area contributed by atoms with Crippen LogP contribution in [0.25, 0.3) is 0 Å². The molecule has 1 aromatic heterocycles. The van der Waals surface area contributed by atoms with Crippen molar-refractivity contribution in [3.05, 3.63) is 41.5 Å². The lowest BCUT2D eigenvalue weighted by molar-refractivity contribution is 0.383. The van der Waals surface area contributed by atoms with E-state index in [1.54, 1.807) is 29.1 Å². The lowest BCUT2D eigenvalue weighted by Crippen LogP contribution is -2.03. The van der Waals surface area contributed by atoms with Crippen LogP contribution in [0.1, 0.15) is 23.6 Å². The largest absolute Gasteiger partial charge is 0.494 e. The number of alkyl halides is 1. The molecule has 0 saturated carbocycles. The lowest BCUT2D eigenvalue weighted by atomic mass is 10.2. The normalized spacial score (nSPS) is 12.4. The van der Waals surface area contributed by atoms with Crippen LogP contribution in [0.5, 0.6) is 5.75 Å². The number of hydrogen-bond donors (Lipinski definition) is 0. The van der Waals surface area contributed by atoms with Gasteiger partial charge in [-0.05, 0) is 13.0 Å². The highest BCUT2D eigenvalue weighted by molar-refractivity contribution is 6.20. The van der Waals surface area contributed by atoms with Gasteiger partial charge in [-0.1, -0.05) is 17.3 Å². The zero-order chi connectivity index (χ0) is 13.1. The third kappa shape index (κ3) is 2.61. The Hall–Kier alpha value is -1.62. The van der Waals surface area contributed by atoms with Gasteiger partial charge >= 0.3 is 0 Å². The molecule has 0 bridgehead atoms. The van der Waals surface area contributed by atoms with E-state index in [9.17, 15) is 4.39 Å². The summed E-state index contributed by atoms with van der Waals surface area (Å²) in [4.78, 5) is 0. The minimum absolute atomic E-state index is 0.214. The highest BCUT2D eigenvalue weighted by Gasteiger charge is 2.11. The van der Waals surface area contributed by atoms with Crippen molar-refractivity contribution in [2.45, 2.75) is 18.8 Å². The zero-order valence-corrected chi connectivity index (χ0v) is 10.9. The van der Waals surface area contributed by atoms with E-state index in [4.69, 9.17) is 16.3 Å². The van der Waals surface area contributed by atoms with Crippen molar-refractivity contribution in [3.63, 3.8) is 0 Å². The fourth-order valence-corrected chi connectivity index (χ4v) is 1.68. The molecule has 0 aliphatic carbocycles. The van der Waals surface area contributed by atoms with Crippen LogP contribution in [0, 0.1) is 5.82 Å². The van der Waals surface area contributed by atoms with Gasteiger partial charge < -0.3 is 4.74 Å². The molecular weight excluding hydrogens is 257 g/mol. The van der Waals surface area contributed by atoms with E-state index in [1.165, 1.54) is 7.11 Å². The summed E-state index contributed by atoms with van der Waals surface area (Å²) in [5.74, 6) is -0.158. The molecule has 96 valence electrons. The van der Waals surface area contributed by atoms with Gasteiger partial charge in [0.1, 0.15) is 5.69 Å². The molecule has 0 radical (unpaired) electrons. The lowest BCUT2D eigenvalue weighted by Gasteiger charge is -2.06. The third-order valence-electron chi connectivity index (χ3n) is 2.56. The Balaban J connectivity index is 2.23. The maximum atomic E-state index is 13.9. The van der Waals surface area contributed by atoms with Crippen molar-refractivity contribution in [1.82, 2.24) is 15.0 Å². The van der Waals surface area contributed by atoms with Gasteiger partial charge in [0.15, 0.2) is 11.6 Å². The molecule has 1 aromatic carbocycles. The Morgan fingerprint density at radius 2 is 2.28 bits per heavy atom. The highest BCUT2D eigenvalue weighted by Crippen LogP contribution is 2.21. The van der Waals surface area contributed by atoms with Gasteiger partial charge in [-0.15, -0.1) is 16.7 Å². The van der Waals surface area contributed by atoms with Crippen LogP contribution in [0.2, 0.25) is 0 Å². The fourth-order valence-electron chi connectivity index (χ4n) is 1.58. The first-order valence-corrected chi connectivity index (χ1v) is 5.91. The number of rotatable bonds is 4. The van der Waals surface area contributed by atoms with E-state index in [0.717, 1.165) is 0 Å². The molecule has 2 aromatic rings. The van der Waals surface area contributed by atoms with E-state index in [1.807, 2.05) is 6.92 Å². The van der Waals surface area contributed by atoms with Crippen molar-refractivity contribution in [1.29, 1.82) is 0 Å². The van der Waals surface area contributed by atoms with Crippen LogP contribution < -0.4 is 4.74 Å². The maximum absolute atomic E-state index is 13.9. The van der Waals surface area contributed by atoms with E-state index < -0.39 is 0 Å². The Bertz CT molecular complexity index is 542. The first-order valence-electron chi connectivity index (χ1n) is 5.47. The second kappa shape index (κ2) is 5.35. The smallest absolute Gasteiger partial charge is 0.170 e. The number of aromatic nitrogens is 3. The first-order chi connectivity index (χ1) is 8.61. The molecule has 0 saturated heterocycles. The van der Waals surface area contributed by atoms with Gasteiger partial charge in [-0.25, -0.2) is 9.07 Å². The predicted molar refractivity (Wildman–Crippen MR) is 66.3 cm³/mol. The summed E-state index contributed by atoms with van der Waals surface area (Å²) >= 11 is 5.89. The SMILES string of the molecule is COc1cccc(Cn2cc(C(C)Cl)nn2)c1F. The summed E-state index contributed by atoms with van der Waals surface area (Å²) in [6.07, 6.45) is 1.70. The number of methoxy groups -OCH3 is 1. The highest BCUT2D eigenvalue weighted by atomic mass is 35.5. The molecular formula is C12H13ClFN3O. The minimum Gasteiger partial charge on any atom is -0.494 e. The average Bonchev–Trinajstić information content (AvgIpc) is 2.80. The quantitative estimate of drug-likeness (QED) is 0.802. The molecule has 1 unspecified atom stereocenters. The molecule has 1 heterocycles. The van der Waals surface area contributed by atoms with Crippen LogP contribution >= 0.6 is 11.6 Å². The average molecular weight is 270 g/mol. The van der Waals surface area contributed by atoms with Gasteiger partial charge in [0.25, 0.3) is 0 Å². The molecule has 0 aliphatic rings. The second-order valence-corrected chi connectivity index (χ2v) is 4.55. The van der Waals surface area contributed by atoms with Crippen molar-refractivity contribution in [3.8, 4) is 5.75 Å². The topological polar surface area (TPSA) is 39.9 Å². The van der Waals surface area contributed by atoms with Crippen LogP contribution in [0.15, 0.2) is 24.4 Å². The molecule has 4 nitrogen and oxygen atoms in total. The van der Waals surface area contributed by atoms with E-state index in [0.29, 0.717) is 17.8 Å². The van der Waals surface area contributed by atoms with Crippen LogP contribution in [-0.4, -0.2) is 22.1 Å². The molecule has 0 N–H and O–H groups in total. The number of benzene rings is 1. The summed E-state index contributed by atoms with van der Waals surface area (Å²) in [6.45, 7) is 2.10. The third-order valence-corrected chi connectivity index (χ3v) is 2.78. The predicted octanol–water partition coefficient (Wildman–Crippen LogP) is 2.77. The number of hydrogen-bond acceptors (Lipinski definition) is 3. The van der Waals surface area contributed by atoms with Gasteiger partial charge in [0.2, 0.25) is 0 Å². The molecule has 1 atom stereocenters. The van der Waals surface area contributed by atoms with E-state index >= 15 is 0 Å². The fraction of sp³-hybridized carbons (Fsp3) is 0.333. The van der Waals surface area contributed by atoms with Crippen LogP contribution in [0.4, 0.5) is 4.39 Å². The summed E-state index contributed by atoms with van der Waals surface area (Å²) in [7, 11) is 1.44. The van der Waals surface area contributed by atoms with Crippen molar-refractivity contribution >= 4 is 11.6 Å². The minimum atomic E-state index is -0.379. The monoisotopic (exact) mass is 269 g/mol. The first kappa shape index (κ1) is 12.8. The van der Waals surface area contributed by atoms with Crippen molar-refractivity contribution < 1.29 is 9.13 Å². The summed E-state index contributed by atoms with van der Waals surface area (Å²) in [6, 6.07) is 5.00. The van der Waals surface area contributed by atoms with Gasteiger partial charge in [0.05, 0.1) is 25.2 Å². The molecule has 18 heavy (non-hydrogen) atoms. The Morgan fingerprint density at radius 1 is 1.50 bits per heavy atom. The number of nitrogens with zero attached hydrogens (tertiary/aromatic N) is 3. The zero-order valence-electron chi connectivity index (χ0n) is 10.1. The van der Waals surface area contributed by atoms with Crippen LogP contribution in [-0.2, 0) is 6.54 Å². The van der Waals surface area contributed by atoms with E-state index in [-0.39, 0.29) is 16.9 Å². The summed E-state index contributed by atoms with van der Waals surface area (Å²) < 4.78 is 20.4. The van der Waals surface area contributed by atoms with Crippen molar-refractivity contribution in [2.24, 2.45) is 0 Å². The van der Waals surface area contributed by atoms with Gasteiger partial charge in [-0.2, -0.15) is 0 Å². The Labute approximate surface area is 109 Å². The molecule has 0 amide bonds. The van der Waals surface area contributed by atoms with Gasteiger partial charge in [0, 0.05) is 5.56 Å². The summed E-state index contributed by atoms with van der Waals surface area (Å²) in [5, 5.41) is 7.60. The molecule has 0 spiro atoms. The maximum Gasteiger partial charge on any atom is 0.170 e. The number of halogens is 2. The van der Waals surface area contributed by atoms with Crippen LogP contribution in [0.3, 0.4) is 0 Å². The van der Waals surface area contributed by atoms with Crippen molar-refractivity contribution in [2.75, 3.05) is 7.11 Å². The Kier molecular flexibility index (Phi) is 3.81. The second-order valence-electron chi connectivity index (χ2n) is 3.89. The van der Waals surface area contributed by atoms with Gasteiger partial charge in [-0.3, -0.25) is 0 Å². The standard InChI is InChI=1S/C12H13ClFN3O/c1-8(13)10-7-17(16-15-10)6-9-4-3-5-11(18-2)12(9)14/h3-5,7-8H,6H2,1-2H3. The number of ether oxygens (including phenoxy) is 1. The Morgan fingerprint density at radius 3 is 2.89 bits per heavy atom. The van der Waals surface area contributed by atoms with E-state index in [2.05, 4.69) is 10.3 Å². The molecule has 2 rings (SSSR count).